The lowest BCUT2D eigenvalue weighted by atomic mass is 9.82. The van der Waals surface area contributed by atoms with Gasteiger partial charge in [0.1, 0.15) is 12.1 Å². The molecule has 128 valence electrons. The molecule has 0 aromatic heterocycles. The van der Waals surface area contributed by atoms with Crippen LogP contribution in [0.5, 0.6) is 0 Å². The highest BCUT2D eigenvalue weighted by Gasteiger charge is 2.24. The second-order valence-corrected chi connectivity index (χ2v) is 6.38. The van der Waals surface area contributed by atoms with Crippen LogP contribution in [-0.2, 0) is 4.79 Å². The Hall–Kier alpha value is -2.75. The molecule has 1 aliphatic rings. The van der Waals surface area contributed by atoms with Crippen molar-refractivity contribution >= 4 is 23.4 Å². The normalized spacial score (nSPS) is 21.2. The van der Waals surface area contributed by atoms with E-state index in [1.807, 2.05) is 31.2 Å². The molecule has 0 spiro atoms. The fourth-order valence-electron chi connectivity index (χ4n) is 3.18. The maximum Gasteiger partial charge on any atom is 0.123 e. The second kappa shape index (κ2) is 7.43. The number of aldehydes is 1. The molecule has 1 aliphatic carbocycles. The topological polar surface area (TPSA) is 55.5 Å². The molecule has 2 aromatic rings. The Balaban J connectivity index is 2.06. The molecule has 3 rings (SSSR count). The molecular formula is C21H21FN2O. The van der Waals surface area contributed by atoms with E-state index in [2.05, 4.69) is 4.99 Å². The zero-order chi connectivity index (χ0) is 17.8. The smallest absolute Gasteiger partial charge is 0.123 e. The van der Waals surface area contributed by atoms with E-state index in [-0.39, 0.29) is 11.7 Å². The summed E-state index contributed by atoms with van der Waals surface area (Å²) in [6, 6.07) is 14.0. The molecule has 0 heterocycles. The molecular weight excluding hydrogens is 315 g/mol. The molecule has 2 N–H and O–H groups in total. The summed E-state index contributed by atoms with van der Waals surface area (Å²) >= 11 is 0. The molecule has 0 bridgehead atoms. The second-order valence-electron chi connectivity index (χ2n) is 6.38. The zero-order valence-corrected chi connectivity index (χ0v) is 14.2. The van der Waals surface area contributed by atoms with Crippen LogP contribution in [0.3, 0.4) is 0 Å². The summed E-state index contributed by atoms with van der Waals surface area (Å²) in [7, 11) is 0. The van der Waals surface area contributed by atoms with E-state index in [1.54, 1.807) is 12.1 Å². The van der Waals surface area contributed by atoms with Crippen molar-refractivity contribution in [2.75, 3.05) is 0 Å². The number of benzene rings is 2. The number of aliphatic imine (C=N–C) groups is 1. The lowest BCUT2D eigenvalue weighted by Crippen LogP contribution is -2.22. The molecule has 3 nitrogen and oxygen atoms in total. The number of halogens is 1. The van der Waals surface area contributed by atoms with Gasteiger partial charge in [0, 0.05) is 22.9 Å². The van der Waals surface area contributed by atoms with E-state index in [0.717, 1.165) is 35.1 Å². The van der Waals surface area contributed by atoms with Crippen LogP contribution in [-0.4, -0.2) is 12.0 Å². The highest BCUT2D eigenvalue weighted by molar-refractivity contribution is 6.08. The predicted molar refractivity (Wildman–Crippen MR) is 99.2 cm³/mol. The molecule has 2 aromatic carbocycles. The van der Waals surface area contributed by atoms with Gasteiger partial charge in [-0.3, -0.25) is 4.99 Å². The zero-order valence-electron chi connectivity index (χ0n) is 14.2. The first-order chi connectivity index (χ1) is 12.1. The van der Waals surface area contributed by atoms with Gasteiger partial charge in [0.05, 0.1) is 5.69 Å². The maximum absolute atomic E-state index is 13.1. The van der Waals surface area contributed by atoms with E-state index in [0.29, 0.717) is 24.2 Å². The van der Waals surface area contributed by atoms with Crippen LogP contribution in [0.15, 0.2) is 59.1 Å². The Morgan fingerprint density at radius 3 is 2.60 bits per heavy atom. The molecule has 25 heavy (non-hydrogen) atoms. The number of nitrogens with two attached hydrogens (primary N) is 1. The van der Waals surface area contributed by atoms with Crippen molar-refractivity contribution in [2.45, 2.75) is 26.2 Å². The molecule has 0 radical (unpaired) electrons. The minimum Gasteiger partial charge on any atom is -0.398 e. The number of carbonyl (C=O) groups excluding carboxylic acids is 1. The molecule has 1 saturated carbocycles. The minimum absolute atomic E-state index is 0.0485. The van der Waals surface area contributed by atoms with Crippen molar-refractivity contribution in [2.24, 2.45) is 16.6 Å². The van der Waals surface area contributed by atoms with E-state index < -0.39 is 0 Å². The first-order valence-electron chi connectivity index (χ1n) is 8.42. The fraction of sp³-hybridized carbons (Fsp3) is 0.238. The summed E-state index contributed by atoms with van der Waals surface area (Å²) in [6.45, 7) is 2.02. The molecule has 0 aliphatic heterocycles. The highest BCUT2D eigenvalue weighted by Crippen LogP contribution is 2.32. The Labute approximate surface area is 147 Å². The van der Waals surface area contributed by atoms with Crippen LogP contribution in [0, 0.1) is 18.7 Å². The number of allylic oxidation sites excluding steroid dienone is 1. The Bertz CT molecular complexity index is 837. The van der Waals surface area contributed by atoms with Crippen molar-refractivity contribution in [3.05, 3.63) is 71.0 Å². The third-order valence-corrected chi connectivity index (χ3v) is 4.61. The first kappa shape index (κ1) is 17.1. The van der Waals surface area contributed by atoms with Gasteiger partial charge in [-0.2, -0.15) is 0 Å². The first-order valence-corrected chi connectivity index (χ1v) is 8.42. The summed E-state index contributed by atoms with van der Waals surface area (Å²) < 4.78 is 13.1. The average molecular weight is 336 g/mol. The Morgan fingerprint density at radius 2 is 1.92 bits per heavy atom. The molecule has 4 heteroatoms. The van der Waals surface area contributed by atoms with Gasteiger partial charge >= 0.3 is 0 Å². The van der Waals surface area contributed by atoms with Crippen LogP contribution in [0.25, 0.3) is 5.70 Å². The quantitative estimate of drug-likeness (QED) is 0.834. The monoisotopic (exact) mass is 336 g/mol. The number of nitrogens with zero attached hydrogens (tertiary/aromatic N) is 1. The number of aryl methyl sites for hydroxylation is 1. The van der Waals surface area contributed by atoms with Gasteiger partial charge in [-0.1, -0.05) is 24.3 Å². The summed E-state index contributed by atoms with van der Waals surface area (Å²) in [5.74, 6) is -0.346. The van der Waals surface area contributed by atoms with Gasteiger partial charge in [-0.05, 0) is 61.6 Å². The van der Waals surface area contributed by atoms with Gasteiger partial charge in [0.2, 0.25) is 0 Å². The number of carbonyl (C=O) groups is 1. The van der Waals surface area contributed by atoms with E-state index in [9.17, 15) is 9.18 Å². The molecule has 1 unspecified atom stereocenters. The summed E-state index contributed by atoms with van der Waals surface area (Å²) in [5, 5.41) is 0. The number of hydrogen-bond donors (Lipinski definition) is 1. The summed E-state index contributed by atoms with van der Waals surface area (Å²) in [6.07, 6.45) is 3.03. The Morgan fingerprint density at radius 1 is 1.20 bits per heavy atom. The van der Waals surface area contributed by atoms with Gasteiger partial charge in [0.15, 0.2) is 0 Å². The summed E-state index contributed by atoms with van der Waals surface area (Å²) in [5.41, 5.74) is 11.7. The van der Waals surface area contributed by atoms with Gasteiger partial charge in [-0.25, -0.2) is 4.39 Å². The third-order valence-electron chi connectivity index (χ3n) is 4.61. The largest absolute Gasteiger partial charge is 0.398 e. The Kier molecular flexibility index (Phi) is 5.08. The highest BCUT2D eigenvalue weighted by atomic mass is 19.1. The van der Waals surface area contributed by atoms with Crippen LogP contribution >= 0.6 is 0 Å². The van der Waals surface area contributed by atoms with Gasteiger partial charge in [0.25, 0.3) is 0 Å². The van der Waals surface area contributed by atoms with Crippen molar-refractivity contribution < 1.29 is 9.18 Å². The van der Waals surface area contributed by atoms with E-state index in [4.69, 9.17) is 5.73 Å². The standard InChI is InChI=1S/C21H21FN2O/c1-14-4-2-3-5-18(14)21(23)19-11-6-15(13-25)12-20(19)24-17-9-7-16(22)8-10-17/h2-5,7-10,13,15H,6,11-12,23H2,1H3/b21-19-,24-20?. The third kappa shape index (κ3) is 3.85. The molecule has 0 amide bonds. The van der Waals surface area contributed by atoms with Crippen molar-refractivity contribution in [3.8, 4) is 0 Å². The maximum atomic E-state index is 13.1. The average Bonchev–Trinajstić information content (AvgIpc) is 2.63. The number of rotatable bonds is 3. The minimum atomic E-state index is -0.298. The fourth-order valence-corrected chi connectivity index (χ4v) is 3.18. The molecule has 1 atom stereocenters. The SMILES string of the molecule is Cc1ccccc1/C(N)=C1\CCC(C=O)CC1=Nc1ccc(F)cc1. The van der Waals surface area contributed by atoms with Gasteiger partial charge in [-0.15, -0.1) is 0 Å². The number of hydrogen-bond acceptors (Lipinski definition) is 3. The summed E-state index contributed by atoms with van der Waals surface area (Å²) in [4.78, 5) is 15.9. The van der Waals surface area contributed by atoms with Crippen LogP contribution in [0.2, 0.25) is 0 Å². The van der Waals surface area contributed by atoms with Crippen LogP contribution < -0.4 is 5.73 Å². The lowest BCUT2D eigenvalue weighted by molar-refractivity contribution is -0.111. The lowest BCUT2D eigenvalue weighted by Gasteiger charge is -2.24. The van der Waals surface area contributed by atoms with Crippen LogP contribution in [0.4, 0.5) is 10.1 Å². The predicted octanol–water partition coefficient (Wildman–Crippen LogP) is 4.58. The van der Waals surface area contributed by atoms with Gasteiger partial charge < -0.3 is 10.5 Å². The van der Waals surface area contributed by atoms with Crippen LogP contribution in [0.1, 0.15) is 30.4 Å². The van der Waals surface area contributed by atoms with E-state index >= 15 is 0 Å². The molecule has 0 saturated heterocycles. The molecule has 1 fully saturated rings. The van der Waals surface area contributed by atoms with Crippen molar-refractivity contribution in [3.63, 3.8) is 0 Å². The van der Waals surface area contributed by atoms with Crippen molar-refractivity contribution in [1.82, 2.24) is 0 Å². The van der Waals surface area contributed by atoms with Crippen molar-refractivity contribution in [1.29, 1.82) is 0 Å². The van der Waals surface area contributed by atoms with E-state index in [1.165, 1.54) is 12.1 Å².